The summed E-state index contributed by atoms with van der Waals surface area (Å²) in [5.41, 5.74) is 3.31. The van der Waals surface area contributed by atoms with Crippen molar-refractivity contribution in [3.8, 4) is 22.9 Å². The molecule has 2 aromatic heterocycles. The number of aromatic hydroxyl groups is 1. The van der Waals surface area contributed by atoms with E-state index in [-0.39, 0.29) is 64.1 Å². The van der Waals surface area contributed by atoms with Crippen molar-refractivity contribution in [2.45, 2.75) is 57.2 Å². The van der Waals surface area contributed by atoms with E-state index in [0.29, 0.717) is 49.1 Å². The van der Waals surface area contributed by atoms with Crippen LogP contribution in [0.4, 0.5) is 33.9 Å². The summed E-state index contributed by atoms with van der Waals surface area (Å²) in [5, 5.41) is 17.4. The molecule has 5 aromatic rings. The van der Waals surface area contributed by atoms with Crippen molar-refractivity contribution in [2.24, 2.45) is 0 Å². The standard InChI is InChI=1S/C37H38F4N8O3/c1-4-23-26(39)9-8-20-13-22(50)14-24(30(20)23)31-27(40)15-25-33(32(31)41)42-35(52-19-37-10-6-11-47(37)17-21(38)16-37)43-34(25)48-12-5-7-28-29(45-48)18-49(44-28)36(51)46(2)3/h8-9,13-15,18,21,45,50H,4-7,10-12,16-17,19H2,1-3H3/t21-,37+/m1/s1. The van der Waals surface area contributed by atoms with Gasteiger partial charge < -0.3 is 14.7 Å². The summed E-state index contributed by atoms with van der Waals surface area (Å²) in [6.07, 6.45) is 3.76. The minimum atomic E-state index is -1.05. The molecular weight excluding hydrogens is 680 g/mol. The molecule has 0 radical (unpaired) electrons. The third-order valence-corrected chi connectivity index (χ3v) is 10.5. The fourth-order valence-corrected chi connectivity index (χ4v) is 8.12. The molecular formula is C37H38F4N8O3. The van der Waals surface area contributed by atoms with Gasteiger partial charge in [-0.3, -0.25) is 15.3 Å². The summed E-state index contributed by atoms with van der Waals surface area (Å²) < 4.78 is 70.7. The summed E-state index contributed by atoms with van der Waals surface area (Å²) >= 11 is 0. The molecule has 8 rings (SSSR count). The van der Waals surface area contributed by atoms with E-state index in [4.69, 9.17) is 4.74 Å². The zero-order chi connectivity index (χ0) is 36.5. The van der Waals surface area contributed by atoms with Crippen LogP contribution in [0.15, 0.2) is 36.5 Å². The molecule has 52 heavy (non-hydrogen) atoms. The molecule has 3 aliphatic heterocycles. The van der Waals surface area contributed by atoms with Gasteiger partial charge >= 0.3 is 12.0 Å². The van der Waals surface area contributed by atoms with Crippen LogP contribution in [0.3, 0.4) is 0 Å². The lowest BCUT2D eigenvalue weighted by Crippen LogP contribution is -2.43. The molecule has 2 atom stereocenters. The number of aryl methyl sites for hydroxylation is 2. The molecule has 0 unspecified atom stereocenters. The molecule has 2 saturated heterocycles. The first-order chi connectivity index (χ1) is 25.0. The normalized spacial score (nSPS) is 20.2. The van der Waals surface area contributed by atoms with Crippen LogP contribution in [-0.4, -0.2) is 92.7 Å². The average molecular weight is 719 g/mol. The van der Waals surface area contributed by atoms with Crippen LogP contribution in [0.25, 0.3) is 32.8 Å². The number of carbonyl (C=O) groups is 1. The Morgan fingerprint density at radius 2 is 1.94 bits per heavy atom. The molecule has 5 heterocycles. The molecule has 272 valence electrons. The SMILES string of the molecule is CCc1c(F)ccc2cc(O)cc(-c3c(F)cc4c(N5CCCc6nn(C(=O)N(C)C)cc6N5)nc(OC[C@@]56CCCN5C[C@H](F)C6)nc4c3F)c12. The molecule has 0 aliphatic carbocycles. The quantitative estimate of drug-likeness (QED) is 0.188. The number of nitrogens with zero attached hydrogens (tertiary/aromatic N) is 7. The van der Waals surface area contributed by atoms with Crippen LogP contribution in [0.1, 0.15) is 43.9 Å². The topological polar surface area (TPSA) is 112 Å². The lowest BCUT2D eigenvalue weighted by atomic mass is 9.91. The van der Waals surface area contributed by atoms with Gasteiger partial charge in [0.1, 0.15) is 35.7 Å². The maximum atomic E-state index is 17.1. The number of aromatic nitrogens is 4. The third kappa shape index (κ3) is 5.61. The summed E-state index contributed by atoms with van der Waals surface area (Å²) in [7, 11) is 3.23. The summed E-state index contributed by atoms with van der Waals surface area (Å²) in [4.78, 5) is 25.3. The Hall–Kier alpha value is -5.18. The molecule has 11 nitrogen and oxygen atoms in total. The zero-order valence-electron chi connectivity index (χ0n) is 29.0. The molecule has 0 spiro atoms. The summed E-state index contributed by atoms with van der Waals surface area (Å²) in [5.74, 6) is -2.69. The number of phenolic OH excluding ortho intramolecular Hbond substituents is 1. The maximum Gasteiger partial charge on any atom is 0.344 e. The fraction of sp³-hybridized carbons (Fsp3) is 0.405. The van der Waals surface area contributed by atoms with Gasteiger partial charge in [-0.25, -0.2) is 22.4 Å². The predicted molar refractivity (Wildman–Crippen MR) is 188 cm³/mol. The van der Waals surface area contributed by atoms with Crippen LogP contribution in [0.2, 0.25) is 0 Å². The van der Waals surface area contributed by atoms with Gasteiger partial charge in [0, 0.05) is 33.6 Å². The Kier molecular flexibility index (Phi) is 8.35. The minimum absolute atomic E-state index is 0.0236. The second-order valence-corrected chi connectivity index (χ2v) is 14.1. The number of alkyl halides is 1. The Morgan fingerprint density at radius 1 is 1.12 bits per heavy atom. The number of hydrazine groups is 1. The highest BCUT2D eigenvalue weighted by atomic mass is 19.1. The van der Waals surface area contributed by atoms with Crippen LogP contribution in [0, 0.1) is 17.5 Å². The van der Waals surface area contributed by atoms with Crippen molar-refractivity contribution < 1.29 is 32.2 Å². The Morgan fingerprint density at radius 3 is 2.73 bits per heavy atom. The highest BCUT2D eigenvalue weighted by molar-refractivity contribution is 6.03. The number of ether oxygens (including phenoxy) is 1. The number of anilines is 2. The smallest absolute Gasteiger partial charge is 0.344 e. The van der Waals surface area contributed by atoms with Gasteiger partial charge in [-0.2, -0.15) is 19.7 Å². The number of hydrogen-bond donors (Lipinski definition) is 2. The van der Waals surface area contributed by atoms with E-state index >= 15 is 13.2 Å². The second kappa shape index (κ2) is 12.8. The Balaban J connectivity index is 1.29. The van der Waals surface area contributed by atoms with Gasteiger partial charge in [-0.1, -0.05) is 13.0 Å². The number of carbonyl (C=O) groups excluding carboxylic acids is 1. The number of benzene rings is 3. The van der Waals surface area contributed by atoms with E-state index in [9.17, 15) is 14.3 Å². The number of phenols is 1. The average Bonchev–Trinajstić information content (AvgIpc) is 3.74. The maximum absolute atomic E-state index is 17.1. The van der Waals surface area contributed by atoms with Crippen LogP contribution < -0.4 is 15.2 Å². The van der Waals surface area contributed by atoms with Crippen LogP contribution in [0.5, 0.6) is 11.8 Å². The number of hydrogen-bond acceptors (Lipinski definition) is 9. The van der Waals surface area contributed by atoms with Crippen molar-refractivity contribution in [1.29, 1.82) is 0 Å². The van der Waals surface area contributed by atoms with Crippen molar-refractivity contribution in [3.05, 3.63) is 65.2 Å². The third-order valence-electron chi connectivity index (χ3n) is 10.5. The number of fused-ring (bicyclic) bond motifs is 4. The molecule has 15 heteroatoms. The van der Waals surface area contributed by atoms with E-state index in [2.05, 4.69) is 25.4 Å². The lowest BCUT2D eigenvalue weighted by molar-refractivity contribution is 0.107. The van der Waals surface area contributed by atoms with E-state index < -0.39 is 34.7 Å². The highest BCUT2D eigenvalue weighted by Gasteiger charge is 2.49. The molecule has 0 saturated carbocycles. The van der Waals surface area contributed by atoms with Gasteiger partial charge in [-0.05, 0) is 84.8 Å². The predicted octanol–water partition coefficient (Wildman–Crippen LogP) is 6.60. The number of halogens is 4. The van der Waals surface area contributed by atoms with Gasteiger partial charge in [0.2, 0.25) is 0 Å². The van der Waals surface area contributed by atoms with E-state index in [1.165, 1.54) is 33.8 Å². The molecule has 3 aromatic carbocycles. The monoisotopic (exact) mass is 718 g/mol. The van der Waals surface area contributed by atoms with Gasteiger partial charge in [0.05, 0.1) is 34.1 Å². The minimum Gasteiger partial charge on any atom is -0.508 e. The van der Waals surface area contributed by atoms with E-state index in [1.807, 2.05) is 0 Å². The summed E-state index contributed by atoms with van der Waals surface area (Å²) in [6.45, 7) is 3.21. The molecule has 2 N–H and O–H groups in total. The van der Waals surface area contributed by atoms with Gasteiger partial charge in [-0.15, -0.1) is 0 Å². The Bertz CT molecular complexity index is 2250. The van der Waals surface area contributed by atoms with Gasteiger partial charge in [0.15, 0.2) is 11.6 Å². The first kappa shape index (κ1) is 33.9. The van der Waals surface area contributed by atoms with Crippen molar-refractivity contribution in [2.75, 3.05) is 50.8 Å². The number of rotatable bonds is 6. The fourth-order valence-electron chi connectivity index (χ4n) is 8.12. The summed E-state index contributed by atoms with van der Waals surface area (Å²) in [6, 6.07) is 5.95. The molecule has 3 aliphatic rings. The number of amides is 1. The first-order valence-electron chi connectivity index (χ1n) is 17.5. The zero-order valence-corrected chi connectivity index (χ0v) is 29.0. The van der Waals surface area contributed by atoms with Crippen molar-refractivity contribution in [3.63, 3.8) is 0 Å². The number of nitrogens with one attached hydrogen (secondary N) is 1. The highest BCUT2D eigenvalue weighted by Crippen LogP contribution is 2.43. The molecule has 2 fully saturated rings. The van der Waals surface area contributed by atoms with E-state index in [0.717, 1.165) is 25.5 Å². The van der Waals surface area contributed by atoms with Crippen molar-refractivity contribution >= 4 is 39.2 Å². The van der Waals surface area contributed by atoms with Crippen molar-refractivity contribution in [1.82, 2.24) is 29.5 Å². The van der Waals surface area contributed by atoms with Crippen LogP contribution in [-0.2, 0) is 12.8 Å². The molecule has 1 amide bonds. The Labute approximate surface area is 296 Å². The molecule has 0 bridgehead atoms. The second-order valence-electron chi connectivity index (χ2n) is 14.1. The van der Waals surface area contributed by atoms with E-state index in [1.54, 1.807) is 32.2 Å². The van der Waals surface area contributed by atoms with Gasteiger partial charge in [0.25, 0.3) is 0 Å². The van der Waals surface area contributed by atoms with Crippen LogP contribution >= 0.6 is 0 Å². The first-order valence-corrected chi connectivity index (χ1v) is 17.5. The lowest BCUT2D eigenvalue weighted by Gasteiger charge is -2.31. The largest absolute Gasteiger partial charge is 0.508 e.